The molecule has 0 bridgehead atoms. The fourth-order valence-electron chi connectivity index (χ4n) is 2.32. The van der Waals surface area contributed by atoms with Crippen molar-refractivity contribution in [2.75, 3.05) is 7.11 Å². The summed E-state index contributed by atoms with van der Waals surface area (Å²) in [5.74, 6) is -0.434. The molecular weight excluding hydrogens is 292 g/mol. The lowest BCUT2D eigenvalue weighted by atomic mass is 10.0. The van der Waals surface area contributed by atoms with E-state index >= 15 is 0 Å². The summed E-state index contributed by atoms with van der Waals surface area (Å²) in [6.07, 6.45) is 0. The molecule has 1 heterocycles. The summed E-state index contributed by atoms with van der Waals surface area (Å²) in [6.45, 7) is 5.57. The van der Waals surface area contributed by atoms with Crippen LogP contribution in [0.4, 0.5) is 0 Å². The van der Waals surface area contributed by atoms with Gasteiger partial charge in [-0.15, -0.1) is 0 Å². The summed E-state index contributed by atoms with van der Waals surface area (Å²) >= 11 is 6.02. The number of ether oxygens (including phenoxy) is 1. The first-order chi connectivity index (χ1) is 9.86. The molecule has 2 rings (SSSR count). The molecule has 112 valence electrons. The van der Waals surface area contributed by atoms with Crippen molar-refractivity contribution < 1.29 is 14.6 Å². The summed E-state index contributed by atoms with van der Waals surface area (Å²) in [7, 11) is 1.53. The molecule has 0 aliphatic heterocycles. The van der Waals surface area contributed by atoms with E-state index in [0.29, 0.717) is 22.2 Å². The average molecular weight is 309 g/mol. The Morgan fingerprint density at radius 2 is 2.10 bits per heavy atom. The van der Waals surface area contributed by atoms with Crippen LogP contribution in [0.1, 0.15) is 41.5 Å². The number of aryl methyl sites for hydroxylation is 1. The predicted octanol–water partition coefficient (Wildman–Crippen LogP) is 3.66. The van der Waals surface area contributed by atoms with E-state index in [2.05, 4.69) is 5.10 Å². The third-order valence-electron chi connectivity index (χ3n) is 3.24. The molecule has 0 radical (unpaired) electrons. The second-order valence-corrected chi connectivity index (χ2v) is 5.44. The van der Waals surface area contributed by atoms with Crippen LogP contribution in [0.2, 0.25) is 5.02 Å². The summed E-state index contributed by atoms with van der Waals surface area (Å²) in [4.78, 5) is 11.5. The van der Waals surface area contributed by atoms with Crippen molar-refractivity contribution in [3.8, 4) is 11.4 Å². The largest absolute Gasteiger partial charge is 0.495 e. The Bertz CT molecular complexity index is 692. The maximum absolute atomic E-state index is 11.5. The summed E-state index contributed by atoms with van der Waals surface area (Å²) in [5, 5.41) is 14.3. The van der Waals surface area contributed by atoms with Crippen LogP contribution >= 0.6 is 11.6 Å². The summed E-state index contributed by atoms with van der Waals surface area (Å²) in [5.41, 5.74) is 2.11. The van der Waals surface area contributed by atoms with Crippen LogP contribution in [0.15, 0.2) is 18.2 Å². The topological polar surface area (TPSA) is 64.4 Å². The van der Waals surface area contributed by atoms with Gasteiger partial charge in [-0.2, -0.15) is 5.10 Å². The van der Waals surface area contributed by atoms with Gasteiger partial charge in [0.25, 0.3) is 0 Å². The highest BCUT2D eigenvalue weighted by Gasteiger charge is 2.24. The lowest BCUT2D eigenvalue weighted by molar-refractivity contribution is 0.0694. The molecule has 0 amide bonds. The number of methoxy groups -OCH3 is 1. The molecule has 2 aromatic rings. The number of carboxylic acids is 1. The Kier molecular flexibility index (Phi) is 4.23. The number of carbonyl (C=O) groups is 1. The second kappa shape index (κ2) is 5.77. The summed E-state index contributed by atoms with van der Waals surface area (Å²) < 4.78 is 6.84. The third-order valence-corrected chi connectivity index (χ3v) is 3.55. The molecule has 0 atom stereocenters. The fraction of sp³-hybridized carbons (Fsp3) is 0.333. The van der Waals surface area contributed by atoms with E-state index in [0.717, 1.165) is 5.69 Å². The Morgan fingerprint density at radius 1 is 1.43 bits per heavy atom. The van der Waals surface area contributed by atoms with Gasteiger partial charge in [0.2, 0.25) is 0 Å². The Labute approximate surface area is 128 Å². The number of aromatic nitrogens is 2. The maximum Gasteiger partial charge on any atom is 0.339 e. The lowest BCUT2D eigenvalue weighted by Crippen LogP contribution is -2.08. The van der Waals surface area contributed by atoms with Crippen LogP contribution in [0.3, 0.4) is 0 Å². The number of rotatable bonds is 4. The molecule has 6 heteroatoms. The molecule has 1 aromatic heterocycles. The molecule has 0 aliphatic rings. The van der Waals surface area contributed by atoms with E-state index in [1.54, 1.807) is 29.8 Å². The first kappa shape index (κ1) is 15.4. The average Bonchev–Trinajstić information content (AvgIpc) is 2.77. The maximum atomic E-state index is 11.5. The normalized spacial score (nSPS) is 11.0. The SMILES string of the molecule is COc1cc(-n2nc(C)c(C(=O)O)c2C(C)C)ccc1Cl. The molecule has 0 fully saturated rings. The molecule has 21 heavy (non-hydrogen) atoms. The van der Waals surface area contributed by atoms with E-state index in [1.165, 1.54) is 7.11 Å². The number of halogens is 1. The van der Waals surface area contributed by atoms with Crippen molar-refractivity contribution in [2.24, 2.45) is 0 Å². The van der Waals surface area contributed by atoms with Crippen molar-refractivity contribution in [3.63, 3.8) is 0 Å². The molecule has 0 saturated carbocycles. The Hall–Kier alpha value is -2.01. The van der Waals surface area contributed by atoms with Crippen LogP contribution < -0.4 is 4.74 Å². The van der Waals surface area contributed by atoms with E-state index in [4.69, 9.17) is 16.3 Å². The van der Waals surface area contributed by atoms with Crippen LogP contribution in [0, 0.1) is 6.92 Å². The smallest absolute Gasteiger partial charge is 0.339 e. The molecule has 0 saturated heterocycles. The lowest BCUT2D eigenvalue weighted by Gasteiger charge is -2.13. The quantitative estimate of drug-likeness (QED) is 0.936. The van der Waals surface area contributed by atoms with Gasteiger partial charge in [0, 0.05) is 6.07 Å². The number of hydrogen-bond acceptors (Lipinski definition) is 3. The van der Waals surface area contributed by atoms with E-state index < -0.39 is 5.97 Å². The predicted molar refractivity (Wildman–Crippen MR) is 80.9 cm³/mol. The monoisotopic (exact) mass is 308 g/mol. The Balaban J connectivity index is 2.69. The van der Waals surface area contributed by atoms with Crippen LogP contribution in [-0.2, 0) is 0 Å². The zero-order valence-electron chi connectivity index (χ0n) is 12.3. The highest BCUT2D eigenvalue weighted by Crippen LogP contribution is 2.30. The van der Waals surface area contributed by atoms with Crippen molar-refractivity contribution in [2.45, 2.75) is 26.7 Å². The number of nitrogens with zero attached hydrogens (tertiary/aromatic N) is 2. The molecule has 0 aliphatic carbocycles. The van der Waals surface area contributed by atoms with Gasteiger partial charge in [-0.25, -0.2) is 9.48 Å². The van der Waals surface area contributed by atoms with E-state index in [9.17, 15) is 9.90 Å². The van der Waals surface area contributed by atoms with Crippen molar-refractivity contribution in [3.05, 3.63) is 40.2 Å². The highest BCUT2D eigenvalue weighted by atomic mass is 35.5. The third kappa shape index (κ3) is 2.74. The van der Waals surface area contributed by atoms with Gasteiger partial charge in [-0.05, 0) is 25.0 Å². The summed E-state index contributed by atoms with van der Waals surface area (Å²) in [6, 6.07) is 5.23. The van der Waals surface area contributed by atoms with Gasteiger partial charge >= 0.3 is 5.97 Å². The molecule has 0 spiro atoms. The highest BCUT2D eigenvalue weighted by molar-refractivity contribution is 6.32. The zero-order chi connectivity index (χ0) is 15.7. The minimum absolute atomic E-state index is 0.0129. The number of aromatic carboxylic acids is 1. The Morgan fingerprint density at radius 3 is 2.62 bits per heavy atom. The zero-order valence-corrected chi connectivity index (χ0v) is 13.1. The number of carboxylic acid groups (broad SMARTS) is 1. The van der Waals surface area contributed by atoms with Crippen molar-refractivity contribution in [1.82, 2.24) is 9.78 Å². The molecule has 1 N–H and O–H groups in total. The minimum Gasteiger partial charge on any atom is -0.495 e. The minimum atomic E-state index is -0.969. The number of hydrogen-bond donors (Lipinski definition) is 1. The van der Waals surface area contributed by atoms with Crippen LogP contribution in [0.5, 0.6) is 5.75 Å². The van der Waals surface area contributed by atoms with Gasteiger partial charge in [0.1, 0.15) is 11.3 Å². The first-order valence-corrected chi connectivity index (χ1v) is 6.91. The van der Waals surface area contributed by atoms with Gasteiger partial charge in [0.15, 0.2) is 0 Å². The van der Waals surface area contributed by atoms with Crippen molar-refractivity contribution >= 4 is 17.6 Å². The molecular formula is C15H17ClN2O3. The second-order valence-electron chi connectivity index (χ2n) is 5.04. The van der Waals surface area contributed by atoms with Crippen molar-refractivity contribution in [1.29, 1.82) is 0 Å². The van der Waals surface area contributed by atoms with Gasteiger partial charge < -0.3 is 9.84 Å². The molecule has 0 unspecified atom stereocenters. The van der Waals surface area contributed by atoms with Crippen LogP contribution in [-0.4, -0.2) is 28.0 Å². The fourth-order valence-corrected chi connectivity index (χ4v) is 2.51. The van der Waals surface area contributed by atoms with Gasteiger partial charge in [0.05, 0.1) is 29.2 Å². The van der Waals surface area contributed by atoms with Crippen LogP contribution in [0.25, 0.3) is 5.69 Å². The van der Waals surface area contributed by atoms with E-state index in [1.807, 2.05) is 13.8 Å². The molecule has 1 aromatic carbocycles. The van der Waals surface area contributed by atoms with E-state index in [-0.39, 0.29) is 11.5 Å². The number of benzene rings is 1. The standard InChI is InChI=1S/C15H17ClN2O3/c1-8(2)14-13(15(19)20)9(3)17-18(14)10-5-6-11(16)12(7-10)21-4/h5-8H,1-4H3,(H,19,20). The van der Waals surface area contributed by atoms with Gasteiger partial charge in [-0.1, -0.05) is 25.4 Å². The van der Waals surface area contributed by atoms with Gasteiger partial charge in [-0.3, -0.25) is 0 Å². The first-order valence-electron chi connectivity index (χ1n) is 6.53. The molecule has 5 nitrogen and oxygen atoms in total.